The number of rotatable bonds is 3. The summed E-state index contributed by atoms with van der Waals surface area (Å²) in [6.45, 7) is 0.308. The molecule has 0 amide bonds. The standard InChI is InChI=1S/C12H8BrCl2NO/c13-12-11(5-2-6-16-12)17-7-8-9(14)3-1-4-10(8)15/h1-6H,7H2. The topological polar surface area (TPSA) is 22.1 Å². The van der Waals surface area contributed by atoms with Gasteiger partial charge in [0.1, 0.15) is 11.2 Å². The molecule has 0 fully saturated rings. The van der Waals surface area contributed by atoms with Crippen LogP contribution in [0.25, 0.3) is 0 Å². The Morgan fingerprint density at radius 3 is 2.47 bits per heavy atom. The van der Waals surface area contributed by atoms with Crippen molar-refractivity contribution in [1.82, 2.24) is 4.98 Å². The quantitative estimate of drug-likeness (QED) is 0.758. The summed E-state index contributed by atoms with van der Waals surface area (Å²) < 4.78 is 6.26. The summed E-state index contributed by atoms with van der Waals surface area (Å²) in [5.41, 5.74) is 0.770. The summed E-state index contributed by atoms with van der Waals surface area (Å²) in [6.07, 6.45) is 1.68. The zero-order valence-corrected chi connectivity index (χ0v) is 11.8. The van der Waals surface area contributed by atoms with Crippen molar-refractivity contribution in [1.29, 1.82) is 0 Å². The van der Waals surface area contributed by atoms with Gasteiger partial charge in [-0.2, -0.15) is 0 Å². The molecular weight excluding hydrogens is 325 g/mol. The Kier molecular flexibility index (Phi) is 4.26. The molecule has 2 rings (SSSR count). The molecule has 0 saturated heterocycles. The van der Waals surface area contributed by atoms with E-state index >= 15 is 0 Å². The van der Waals surface area contributed by atoms with Gasteiger partial charge >= 0.3 is 0 Å². The fourth-order valence-corrected chi connectivity index (χ4v) is 2.17. The highest BCUT2D eigenvalue weighted by Crippen LogP contribution is 2.27. The van der Waals surface area contributed by atoms with E-state index in [-0.39, 0.29) is 0 Å². The first-order valence-electron chi connectivity index (χ1n) is 4.84. The second kappa shape index (κ2) is 5.71. The predicted octanol–water partition coefficient (Wildman–Crippen LogP) is 4.73. The van der Waals surface area contributed by atoms with E-state index < -0.39 is 0 Å². The second-order valence-corrected chi connectivity index (χ2v) is 4.85. The molecular formula is C12H8BrCl2NO. The molecule has 1 heterocycles. The van der Waals surface area contributed by atoms with Crippen LogP contribution in [0.3, 0.4) is 0 Å². The molecule has 0 aliphatic rings. The van der Waals surface area contributed by atoms with Gasteiger partial charge in [0.2, 0.25) is 0 Å². The molecule has 2 aromatic rings. The van der Waals surface area contributed by atoms with Gasteiger partial charge < -0.3 is 4.74 Å². The van der Waals surface area contributed by atoms with Gasteiger partial charge in [0.05, 0.1) is 0 Å². The molecule has 0 aliphatic carbocycles. The summed E-state index contributed by atoms with van der Waals surface area (Å²) >= 11 is 15.4. The summed E-state index contributed by atoms with van der Waals surface area (Å²) in [7, 11) is 0. The maximum absolute atomic E-state index is 6.04. The van der Waals surface area contributed by atoms with Crippen molar-refractivity contribution in [3.8, 4) is 5.75 Å². The van der Waals surface area contributed by atoms with Crippen LogP contribution in [0.1, 0.15) is 5.56 Å². The van der Waals surface area contributed by atoms with Gasteiger partial charge in [0.15, 0.2) is 5.75 Å². The monoisotopic (exact) mass is 331 g/mol. The molecule has 0 spiro atoms. The average molecular weight is 333 g/mol. The Labute approximate surface area is 118 Å². The summed E-state index contributed by atoms with van der Waals surface area (Å²) in [5, 5.41) is 1.19. The van der Waals surface area contributed by atoms with Crippen molar-refractivity contribution < 1.29 is 4.74 Å². The normalized spacial score (nSPS) is 10.3. The lowest BCUT2D eigenvalue weighted by Gasteiger charge is -2.09. The number of hydrogen-bond donors (Lipinski definition) is 0. The summed E-state index contributed by atoms with van der Waals surface area (Å²) in [6, 6.07) is 8.99. The van der Waals surface area contributed by atoms with Gasteiger partial charge in [-0.25, -0.2) is 4.98 Å². The molecule has 0 unspecified atom stereocenters. The third-order valence-electron chi connectivity index (χ3n) is 2.16. The fourth-order valence-electron chi connectivity index (χ4n) is 1.30. The molecule has 1 aromatic heterocycles. The van der Waals surface area contributed by atoms with Crippen LogP contribution in [0.5, 0.6) is 5.75 Å². The molecule has 5 heteroatoms. The molecule has 0 atom stereocenters. The van der Waals surface area contributed by atoms with Crippen molar-refractivity contribution in [2.24, 2.45) is 0 Å². The molecule has 1 aromatic carbocycles. The first-order valence-corrected chi connectivity index (χ1v) is 6.39. The first kappa shape index (κ1) is 12.7. The maximum Gasteiger partial charge on any atom is 0.152 e. The van der Waals surface area contributed by atoms with Crippen LogP contribution in [0.2, 0.25) is 10.0 Å². The zero-order chi connectivity index (χ0) is 12.3. The number of ether oxygens (including phenoxy) is 1. The van der Waals surface area contributed by atoms with Crippen LogP contribution in [0.15, 0.2) is 41.1 Å². The van der Waals surface area contributed by atoms with E-state index in [0.29, 0.717) is 27.0 Å². The van der Waals surface area contributed by atoms with Gasteiger partial charge in [-0.05, 0) is 40.2 Å². The molecule has 0 N–H and O–H groups in total. The number of aromatic nitrogens is 1. The SMILES string of the molecule is Clc1cccc(Cl)c1COc1cccnc1Br. The van der Waals surface area contributed by atoms with E-state index in [1.54, 1.807) is 30.5 Å². The Morgan fingerprint density at radius 2 is 1.82 bits per heavy atom. The zero-order valence-electron chi connectivity index (χ0n) is 8.66. The van der Waals surface area contributed by atoms with E-state index in [1.165, 1.54) is 0 Å². The van der Waals surface area contributed by atoms with Crippen LogP contribution in [-0.4, -0.2) is 4.98 Å². The highest BCUT2D eigenvalue weighted by atomic mass is 79.9. The van der Waals surface area contributed by atoms with Crippen molar-refractivity contribution >= 4 is 39.1 Å². The average Bonchev–Trinajstić information content (AvgIpc) is 2.30. The van der Waals surface area contributed by atoms with Crippen molar-refractivity contribution in [3.05, 3.63) is 56.7 Å². The Hall–Kier alpha value is -0.770. The lowest BCUT2D eigenvalue weighted by molar-refractivity contribution is 0.303. The van der Waals surface area contributed by atoms with Crippen molar-refractivity contribution in [2.75, 3.05) is 0 Å². The van der Waals surface area contributed by atoms with E-state index in [9.17, 15) is 0 Å². The van der Waals surface area contributed by atoms with Crippen LogP contribution < -0.4 is 4.74 Å². The lowest BCUT2D eigenvalue weighted by atomic mass is 10.2. The lowest BCUT2D eigenvalue weighted by Crippen LogP contribution is -1.98. The highest BCUT2D eigenvalue weighted by molar-refractivity contribution is 9.10. The van der Waals surface area contributed by atoms with Crippen molar-refractivity contribution in [3.63, 3.8) is 0 Å². The second-order valence-electron chi connectivity index (χ2n) is 3.28. The van der Waals surface area contributed by atoms with Crippen LogP contribution in [-0.2, 0) is 6.61 Å². The van der Waals surface area contributed by atoms with Gasteiger partial charge in [-0.15, -0.1) is 0 Å². The molecule has 0 bridgehead atoms. The van der Waals surface area contributed by atoms with Gasteiger partial charge in [-0.3, -0.25) is 0 Å². The van der Waals surface area contributed by atoms with E-state index in [2.05, 4.69) is 20.9 Å². The number of pyridine rings is 1. The first-order chi connectivity index (χ1) is 8.18. The van der Waals surface area contributed by atoms with E-state index in [1.807, 2.05) is 6.07 Å². The number of nitrogens with zero attached hydrogens (tertiary/aromatic N) is 1. The molecule has 0 aliphatic heterocycles. The fraction of sp³-hybridized carbons (Fsp3) is 0.0833. The maximum atomic E-state index is 6.04. The third kappa shape index (κ3) is 3.12. The van der Waals surface area contributed by atoms with Crippen LogP contribution in [0.4, 0.5) is 0 Å². The Bertz CT molecular complexity index is 513. The van der Waals surface area contributed by atoms with Gasteiger partial charge in [0.25, 0.3) is 0 Å². The Balaban J connectivity index is 2.16. The smallest absolute Gasteiger partial charge is 0.152 e. The summed E-state index contributed by atoms with van der Waals surface area (Å²) in [5.74, 6) is 0.656. The molecule has 2 nitrogen and oxygen atoms in total. The van der Waals surface area contributed by atoms with E-state index in [0.717, 1.165) is 5.56 Å². The molecule has 17 heavy (non-hydrogen) atoms. The number of hydrogen-bond acceptors (Lipinski definition) is 2. The molecule has 0 saturated carbocycles. The third-order valence-corrected chi connectivity index (χ3v) is 3.46. The minimum Gasteiger partial charge on any atom is -0.486 e. The van der Waals surface area contributed by atoms with Crippen LogP contribution >= 0.6 is 39.1 Å². The highest BCUT2D eigenvalue weighted by Gasteiger charge is 2.07. The van der Waals surface area contributed by atoms with Gasteiger partial charge in [-0.1, -0.05) is 29.3 Å². The largest absolute Gasteiger partial charge is 0.486 e. The predicted molar refractivity (Wildman–Crippen MR) is 72.7 cm³/mol. The molecule has 0 radical (unpaired) electrons. The number of halogens is 3. The van der Waals surface area contributed by atoms with Crippen molar-refractivity contribution in [2.45, 2.75) is 6.61 Å². The molecule has 88 valence electrons. The Morgan fingerprint density at radius 1 is 1.12 bits per heavy atom. The van der Waals surface area contributed by atoms with E-state index in [4.69, 9.17) is 27.9 Å². The number of benzene rings is 1. The van der Waals surface area contributed by atoms with Crippen LogP contribution in [0, 0.1) is 0 Å². The minimum atomic E-state index is 0.308. The van der Waals surface area contributed by atoms with Gasteiger partial charge in [0, 0.05) is 21.8 Å². The summed E-state index contributed by atoms with van der Waals surface area (Å²) in [4.78, 5) is 4.06. The minimum absolute atomic E-state index is 0.308.